The van der Waals surface area contributed by atoms with E-state index in [9.17, 15) is 5.11 Å². The van der Waals surface area contributed by atoms with E-state index in [0.717, 1.165) is 17.7 Å². The number of benzene rings is 1. The van der Waals surface area contributed by atoms with Crippen LogP contribution in [0.25, 0.3) is 0 Å². The number of hydrogen-bond acceptors (Lipinski definition) is 4. The standard InChI is InChI=1S/C13H20O4/c1-15-11-7-4-10(5-8-11)6-9-12(14)13(16-2)17-3/h4-5,7-8,12-14H,6,9H2,1-3H3. The molecule has 0 saturated heterocycles. The molecule has 1 N–H and O–H groups in total. The van der Waals surface area contributed by atoms with Crippen LogP contribution >= 0.6 is 0 Å². The highest BCUT2D eigenvalue weighted by Gasteiger charge is 2.17. The molecule has 1 unspecified atom stereocenters. The summed E-state index contributed by atoms with van der Waals surface area (Å²) in [6.07, 6.45) is 0.188. The molecule has 1 aromatic rings. The van der Waals surface area contributed by atoms with Crippen LogP contribution in [0.3, 0.4) is 0 Å². The van der Waals surface area contributed by atoms with Crippen molar-refractivity contribution >= 4 is 0 Å². The summed E-state index contributed by atoms with van der Waals surface area (Å²) in [6.45, 7) is 0. The lowest BCUT2D eigenvalue weighted by Gasteiger charge is -2.19. The number of ether oxygens (including phenoxy) is 3. The number of hydrogen-bond donors (Lipinski definition) is 1. The fourth-order valence-corrected chi connectivity index (χ4v) is 1.65. The van der Waals surface area contributed by atoms with Gasteiger partial charge in [0.2, 0.25) is 0 Å². The molecule has 0 aromatic heterocycles. The molecule has 0 aliphatic rings. The van der Waals surface area contributed by atoms with Crippen molar-refractivity contribution in [1.82, 2.24) is 0 Å². The normalized spacial score (nSPS) is 12.8. The van der Waals surface area contributed by atoms with Crippen LogP contribution in [0.1, 0.15) is 12.0 Å². The zero-order valence-corrected chi connectivity index (χ0v) is 10.6. The van der Waals surface area contributed by atoms with E-state index in [1.54, 1.807) is 7.11 Å². The third kappa shape index (κ3) is 4.34. The SMILES string of the molecule is COc1ccc(CCC(O)C(OC)OC)cc1. The topological polar surface area (TPSA) is 47.9 Å². The van der Waals surface area contributed by atoms with E-state index in [0.29, 0.717) is 6.42 Å². The van der Waals surface area contributed by atoms with Gasteiger partial charge in [-0.3, -0.25) is 0 Å². The molecule has 0 fully saturated rings. The molecular weight excluding hydrogens is 220 g/mol. The summed E-state index contributed by atoms with van der Waals surface area (Å²) in [6, 6.07) is 7.79. The minimum atomic E-state index is -0.618. The molecule has 4 heteroatoms. The van der Waals surface area contributed by atoms with E-state index < -0.39 is 12.4 Å². The van der Waals surface area contributed by atoms with Crippen molar-refractivity contribution in [1.29, 1.82) is 0 Å². The van der Waals surface area contributed by atoms with Gasteiger partial charge in [-0.15, -0.1) is 0 Å². The Morgan fingerprint density at radius 2 is 1.65 bits per heavy atom. The molecule has 4 nitrogen and oxygen atoms in total. The van der Waals surface area contributed by atoms with Crippen molar-refractivity contribution in [3.05, 3.63) is 29.8 Å². The van der Waals surface area contributed by atoms with E-state index in [1.165, 1.54) is 14.2 Å². The van der Waals surface area contributed by atoms with Crippen LogP contribution in [0.4, 0.5) is 0 Å². The molecule has 96 valence electrons. The van der Waals surface area contributed by atoms with Crippen LogP contribution in [-0.4, -0.2) is 38.8 Å². The van der Waals surface area contributed by atoms with Crippen molar-refractivity contribution < 1.29 is 19.3 Å². The average Bonchev–Trinajstić information content (AvgIpc) is 2.38. The first-order valence-electron chi connectivity index (χ1n) is 5.57. The number of methoxy groups -OCH3 is 3. The maximum Gasteiger partial charge on any atom is 0.182 e. The summed E-state index contributed by atoms with van der Waals surface area (Å²) in [5, 5.41) is 9.80. The summed E-state index contributed by atoms with van der Waals surface area (Å²) >= 11 is 0. The number of aliphatic hydroxyl groups excluding tert-OH is 1. The van der Waals surface area contributed by atoms with Gasteiger partial charge >= 0.3 is 0 Å². The van der Waals surface area contributed by atoms with Gasteiger partial charge in [-0.05, 0) is 30.5 Å². The first-order chi connectivity index (χ1) is 8.21. The highest BCUT2D eigenvalue weighted by Crippen LogP contribution is 2.14. The van der Waals surface area contributed by atoms with Crippen LogP contribution in [0.15, 0.2) is 24.3 Å². The Kier molecular flexibility index (Phi) is 5.97. The van der Waals surface area contributed by atoms with Gasteiger partial charge in [-0.2, -0.15) is 0 Å². The number of rotatable bonds is 7. The van der Waals surface area contributed by atoms with Gasteiger partial charge < -0.3 is 19.3 Å². The largest absolute Gasteiger partial charge is 0.497 e. The molecule has 0 amide bonds. The van der Waals surface area contributed by atoms with Gasteiger partial charge in [0, 0.05) is 14.2 Å². The van der Waals surface area contributed by atoms with Crippen molar-refractivity contribution in [2.45, 2.75) is 25.2 Å². The zero-order chi connectivity index (χ0) is 12.7. The Labute approximate surface area is 102 Å². The fourth-order valence-electron chi connectivity index (χ4n) is 1.65. The number of aliphatic hydroxyl groups is 1. The van der Waals surface area contributed by atoms with Gasteiger partial charge in [-0.1, -0.05) is 12.1 Å². The third-order valence-corrected chi connectivity index (χ3v) is 2.67. The highest BCUT2D eigenvalue weighted by molar-refractivity contribution is 5.27. The molecular formula is C13H20O4. The summed E-state index contributed by atoms with van der Waals surface area (Å²) in [5.41, 5.74) is 1.15. The van der Waals surface area contributed by atoms with Gasteiger partial charge in [-0.25, -0.2) is 0 Å². The van der Waals surface area contributed by atoms with Gasteiger partial charge in [0.05, 0.1) is 7.11 Å². The van der Waals surface area contributed by atoms with Crippen LogP contribution in [0.5, 0.6) is 5.75 Å². The molecule has 0 heterocycles. The zero-order valence-electron chi connectivity index (χ0n) is 10.6. The number of aryl methyl sites for hydroxylation is 1. The lowest BCUT2D eigenvalue weighted by atomic mass is 10.1. The molecule has 0 bridgehead atoms. The molecule has 0 spiro atoms. The fraction of sp³-hybridized carbons (Fsp3) is 0.538. The van der Waals surface area contributed by atoms with Crippen LogP contribution in [0.2, 0.25) is 0 Å². The average molecular weight is 240 g/mol. The van der Waals surface area contributed by atoms with Gasteiger partial charge in [0.25, 0.3) is 0 Å². The lowest BCUT2D eigenvalue weighted by Crippen LogP contribution is -2.30. The Morgan fingerprint density at radius 3 is 2.12 bits per heavy atom. The van der Waals surface area contributed by atoms with Crippen LogP contribution in [-0.2, 0) is 15.9 Å². The summed E-state index contributed by atoms with van der Waals surface area (Å²) < 4.78 is 15.1. The molecule has 0 aliphatic carbocycles. The smallest absolute Gasteiger partial charge is 0.182 e. The Morgan fingerprint density at radius 1 is 1.06 bits per heavy atom. The predicted molar refractivity (Wildman–Crippen MR) is 65.1 cm³/mol. The monoisotopic (exact) mass is 240 g/mol. The van der Waals surface area contributed by atoms with Crippen molar-refractivity contribution in [2.24, 2.45) is 0 Å². The second-order valence-electron chi connectivity index (χ2n) is 3.79. The summed E-state index contributed by atoms with van der Waals surface area (Å²) in [5.74, 6) is 0.834. The van der Waals surface area contributed by atoms with Crippen LogP contribution < -0.4 is 4.74 Å². The molecule has 0 saturated carbocycles. The summed E-state index contributed by atoms with van der Waals surface area (Å²) in [4.78, 5) is 0. The Hall–Kier alpha value is -1.10. The van der Waals surface area contributed by atoms with E-state index in [4.69, 9.17) is 14.2 Å². The second kappa shape index (κ2) is 7.27. The van der Waals surface area contributed by atoms with Crippen molar-refractivity contribution in [3.63, 3.8) is 0 Å². The van der Waals surface area contributed by atoms with E-state index in [2.05, 4.69) is 0 Å². The van der Waals surface area contributed by atoms with E-state index >= 15 is 0 Å². The molecule has 1 rings (SSSR count). The van der Waals surface area contributed by atoms with E-state index in [-0.39, 0.29) is 0 Å². The Bertz CT molecular complexity index is 306. The summed E-state index contributed by atoms with van der Waals surface area (Å²) in [7, 11) is 4.68. The molecule has 0 radical (unpaired) electrons. The molecule has 0 aliphatic heterocycles. The lowest BCUT2D eigenvalue weighted by molar-refractivity contribution is -0.165. The quantitative estimate of drug-likeness (QED) is 0.736. The predicted octanol–water partition coefficient (Wildman–Crippen LogP) is 1.61. The first-order valence-corrected chi connectivity index (χ1v) is 5.57. The van der Waals surface area contributed by atoms with Gasteiger partial charge in [0.1, 0.15) is 11.9 Å². The Balaban J connectivity index is 2.43. The van der Waals surface area contributed by atoms with Crippen molar-refractivity contribution in [3.8, 4) is 5.75 Å². The first kappa shape index (κ1) is 14.0. The van der Waals surface area contributed by atoms with Gasteiger partial charge in [0.15, 0.2) is 6.29 Å². The maximum atomic E-state index is 9.80. The molecule has 1 aromatic carbocycles. The minimum absolute atomic E-state index is 0.562. The van der Waals surface area contributed by atoms with Crippen molar-refractivity contribution in [2.75, 3.05) is 21.3 Å². The molecule has 17 heavy (non-hydrogen) atoms. The van der Waals surface area contributed by atoms with E-state index in [1.807, 2.05) is 24.3 Å². The third-order valence-electron chi connectivity index (χ3n) is 2.67. The second-order valence-corrected chi connectivity index (χ2v) is 3.79. The molecule has 1 atom stereocenters. The minimum Gasteiger partial charge on any atom is -0.497 e. The maximum absolute atomic E-state index is 9.80. The highest BCUT2D eigenvalue weighted by atomic mass is 16.7. The van der Waals surface area contributed by atoms with Crippen LogP contribution in [0, 0.1) is 0 Å².